The number of nitrogens with one attached hydrogen (secondary N) is 1. The lowest BCUT2D eigenvalue weighted by Gasteiger charge is -2.10. The van der Waals surface area contributed by atoms with Crippen molar-refractivity contribution in [3.63, 3.8) is 0 Å². The largest absolute Gasteiger partial charge is 0.388 e. The molecule has 1 amide bonds. The van der Waals surface area contributed by atoms with Crippen molar-refractivity contribution in [3.8, 4) is 0 Å². The van der Waals surface area contributed by atoms with E-state index in [0.717, 1.165) is 5.56 Å². The number of hydrogen-bond acceptors (Lipinski definition) is 3. The number of carbonyl (C=O) groups excluding carboxylic acids is 1. The molecule has 2 N–H and O–H groups in total. The van der Waals surface area contributed by atoms with Crippen LogP contribution in [0.3, 0.4) is 0 Å². The van der Waals surface area contributed by atoms with Crippen LogP contribution in [0.25, 0.3) is 10.4 Å². The van der Waals surface area contributed by atoms with Crippen LogP contribution in [0.4, 0.5) is 5.69 Å². The zero-order chi connectivity index (χ0) is 12.7. The topological polar surface area (TPSA) is 98.1 Å². The molecule has 0 bridgehead atoms. The van der Waals surface area contributed by atoms with E-state index in [2.05, 4.69) is 15.3 Å². The average molecular weight is 234 g/mol. The normalized spacial score (nSPS) is 11.4. The summed E-state index contributed by atoms with van der Waals surface area (Å²) in [6.45, 7) is 1.69. The van der Waals surface area contributed by atoms with Gasteiger partial charge in [0.15, 0.2) is 0 Å². The van der Waals surface area contributed by atoms with Crippen LogP contribution in [0, 0.1) is 0 Å². The van der Waals surface area contributed by atoms with E-state index in [1.807, 2.05) is 0 Å². The van der Waals surface area contributed by atoms with E-state index in [1.54, 1.807) is 24.3 Å². The van der Waals surface area contributed by atoms with E-state index in [4.69, 9.17) is 5.53 Å². The molecule has 1 aromatic carbocycles. The van der Waals surface area contributed by atoms with Crippen LogP contribution in [0.1, 0.15) is 25.0 Å². The van der Waals surface area contributed by atoms with Crippen LogP contribution >= 0.6 is 0 Å². The first kappa shape index (κ1) is 13.0. The molecule has 90 valence electrons. The molecule has 0 aliphatic rings. The number of benzene rings is 1. The lowest BCUT2D eigenvalue weighted by atomic mass is 10.1. The Labute approximate surface area is 98.9 Å². The van der Waals surface area contributed by atoms with Gasteiger partial charge in [0.1, 0.15) is 0 Å². The van der Waals surface area contributed by atoms with Gasteiger partial charge in [-0.1, -0.05) is 17.2 Å². The maximum absolute atomic E-state index is 10.8. The third-order valence-electron chi connectivity index (χ3n) is 2.18. The summed E-state index contributed by atoms with van der Waals surface area (Å²) in [4.78, 5) is 13.4. The molecule has 1 rings (SSSR count). The van der Waals surface area contributed by atoms with Crippen molar-refractivity contribution in [1.29, 1.82) is 0 Å². The molecule has 0 saturated heterocycles. The number of aliphatic hydroxyl groups excluding tert-OH is 1. The quantitative estimate of drug-likeness (QED) is 0.464. The van der Waals surface area contributed by atoms with Crippen molar-refractivity contribution in [1.82, 2.24) is 0 Å². The van der Waals surface area contributed by atoms with Crippen LogP contribution in [0.15, 0.2) is 29.4 Å². The summed E-state index contributed by atoms with van der Waals surface area (Å²) in [6, 6.07) is 6.89. The third-order valence-corrected chi connectivity index (χ3v) is 2.18. The fraction of sp³-hybridized carbons (Fsp3) is 0.364. The standard InChI is InChI=1S/C11H14N4O2/c1-8(16)14-10-4-2-9(3-5-10)11(17)6-7-13-15-12/h2-5,11,17H,6-7H2,1H3,(H,14,16). The molecule has 0 fully saturated rings. The predicted octanol–water partition coefficient (Wildman–Crippen LogP) is 2.38. The summed E-state index contributed by atoms with van der Waals surface area (Å²) in [6.07, 6.45) is -0.282. The van der Waals surface area contributed by atoms with Crippen molar-refractivity contribution in [3.05, 3.63) is 40.3 Å². The SMILES string of the molecule is CC(=O)Nc1ccc(C(O)CCN=[N+]=[N-])cc1. The Morgan fingerprint density at radius 1 is 1.53 bits per heavy atom. The van der Waals surface area contributed by atoms with E-state index >= 15 is 0 Å². The van der Waals surface area contributed by atoms with Gasteiger partial charge in [-0.3, -0.25) is 4.79 Å². The second-order valence-electron chi connectivity index (χ2n) is 3.56. The van der Waals surface area contributed by atoms with Gasteiger partial charge in [0.25, 0.3) is 0 Å². The van der Waals surface area contributed by atoms with Crippen molar-refractivity contribution in [2.75, 3.05) is 11.9 Å². The molecule has 1 atom stereocenters. The molecule has 0 heterocycles. The molecular weight excluding hydrogens is 220 g/mol. The minimum Gasteiger partial charge on any atom is -0.388 e. The van der Waals surface area contributed by atoms with E-state index in [1.165, 1.54) is 6.92 Å². The van der Waals surface area contributed by atoms with Gasteiger partial charge in [0, 0.05) is 24.1 Å². The van der Waals surface area contributed by atoms with Gasteiger partial charge in [-0.2, -0.15) is 0 Å². The highest BCUT2D eigenvalue weighted by Gasteiger charge is 2.06. The van der Waals surface area contributed by atoms with E-state index in [-0.39, 0.29) is 12.5 Å². The Morgan fingerprint density at radius 3 is 2.71 bits per heavy atom. The fourth-order valence-corrected chi connectivity index (χ4v) is 1.38. The lowest BCUT2D eigenvalue weighted by molar-refractivity contribution is -0.114. The second-order valence-corrected chi connectivity index (χ2v) is 3.56. The van der Waals surface area contributed by atoms with Gasteiger partial charge in [-0.05, 0) is 29.6 Å². The molecule has 0 radical (unpaired) electrons. The molecule has 6 heteroatoms. The van der Waals surface area contributed by atoms with Gasteiger partial charge < -0.3 is 10.4 Å². The summed E-state index contributed by atoms with van der Waals surface area (Å²) in [5.41, 5.74) is 9.52. The highest BCUT2D eigenvalue weighted by Crippen LogP contribution is 2.19. The summed E-state index contributed by atoms with van der Waals surface area (Å²) >= 11 is 0. The fourth-order valence-electron chi connectivity index (χ4n) is 1.38. The smallest absolute Gasteiger partial charge is 0.221 e. The van der Waals surface area contributed by atoms with Crippen molar-refractivity contribution >= 4 is 11.6 Å². The Bertz CT molecular complexity index is 424. The van der Waals surface area contributed by atoms with Gasteiger partial charge in [0.05, 0.1) is 6.10 Å². The van der Waals surface area contributed by atoms with Gasteiger partial charge >= 0.3 is 0 Å². The van der Waals surface area contributed by atoms with Crippen LogP contribution in [-0.2, 0) is 4.79 Å². The average Bonchev–Trinajstić information content (AvgIpc) is 2.29. The number of rotatable bonds is 5. The number of nitrogens with zero attached hydrogens (tertiary/aromatic N) is 3. The molecule has 1 unspecified atom stereocenters. The first-order valence-electron chi connectivity index (χ1n) is 5.20. The number of hydrogen-bond donors (Lipinski definition) is 2. The minimum atomic E-state index is -0.660. The van der Waals surface area contributed by atoms with Crippen molar-refractivity contribution < 1.29 is 9.90 Å². The molecule has 0 aromatic heterocycles. The van der Waals surface area contributed by atoms with Crippen LogP contribution < -0.4 is 5.32 Å². The van der Waals surface area contributed by atoms with Crippen LogP contribution in [-0.4, -0.2) is 17.6 Å². The van der Waals surface area contributed by atoms with Crippen molar-refractivity contribution in [2.45, 2.75) is 19.4 Å². The first-order valence-corrected chi connectivity index (χ1v) is 5.20. The zero-order valence-electron chi connectivity index (χ0n) is 9.50. The zero-order valence-corrected chi connectivity index (χ0v) is 9.50. The summed E-state index contributed by atoms with van der Waals surface area (Å²) < 4.78 is 0. The Hall–Kier alpha value is -2.04. The maximum Gasteiger partial charge on any atom is 0.221 e. The highest BCUT2D eigenvalue weighted by atomic mass is 16.3. The summed E-state index contributed by atoms with van der Waals surface area (Å²) in [7, 11) is 0. The Morgan fingerprint density at radius 2 is 2.18 bits per heavy atom. The van der Waals surface area contributed by atoms with E-state index in [9.17, 15) is 9.90 Å². The molecule has 0 saturated carbocycles. The van der Waals surface area contributed by atoms with Crippen LogP contribution in [0.2, 0.25) is 0 Å². The number of aliphatic hydroxyl groups is 1. The molecule has 1 aromatic rings. The van der Waals surface area contributed by atoms with E-state index in [0.29, 0.717) is 12.1 Å². The predicted molar refractivity (Wildman–Crippen MR) is 64.3 cm³/mol. The number of anilines is 1. The van der Waals surface area contributed by atoms with Gasteiger partial charge in [-0.25, -0.2) is 0 Å². The maximum atomic E-state index is 10.8. The third kappa shape index (κ3) is 4.55. The van der Waals surface area contributed by atoms with Gasteiger partial charge in [0.2, 0.25) is 5.91 Å². The minimum absolute atomic E-state index is 0.137. The summed E-state index contributed by atoms with van der Waals surface area (Å²) in [5.74, 6) is -0.137. The second kappa shape index (κ2) is 6.52. The molecular formula is C11H14N4O2. The summed E-state index contributed by atoms with van der Waals surface area (Å²) in [5, 5.41) is 15.7. The molecule has 6 nitrogen and oxygen atoms in total. The monoisotopic (exact) mass is 234 g/mol. The molecule has 0 aliphatic carbocycles. The van der Waals surface area contributed by atoms with Crippen molar-refractivity contribution in [2.24, 2.45) is 5.11 Å². The highest BCUT2D eigenvalue weighted by molar-refractivity contribution is 5.88. The number of amides is 1. The first-order chi connectivity index (χ1) is 8.13. The molecule has 0 spiro atoms. The Kier molecular flexibility index (Phi) is 5.00. The van der Waals surface area contributed by atoms with Crippen LogP contribution in [0.5, 0.6) is 0 Å². The number of carbonyl (C=O) groups is 1. The lowest BCUT2D eigenvalue weighted by Crippen LogP contribution is -2.06. The van der Waals surface area contributed by atoms with E-state index < -0.39 is 6.10 Å². The Balaban J connectivity index is 2.60. The molecule has 17 heavy (non-hydrogen) atoms. The van der Waals surface area contributed by atoms with Gasteiger partial charge in [-0.15, -0.1) is 0 Å². The number of azide groups is 1. The molecule has 0 aliphatic heterocycles.